The third-order valence-electron chi connectivity index (χ3n) is 4.78. The van der Waals surface area contributed by atoms with Gasteiger partial charge in [-0.05, 0) is 67.1 Å². The van der Waals surface area contributed by atoms with Gasteiger partial charge < -0.3 is 9.47 Å². The first-order valence-electron chi connectivity index (χ1n) is 10.4. The van der Waals surface area contributed by atoms with E-state index < -0.39 is 15.7 Å². The number of hydrogen-bond acceptors (Lipinski definition) is 4. The fraction of sp³-hybridized carbons (Fsp3) is 0.308. The van der Waals surface area contributed by atoms with Gasteiger partial charge in [0.1, 0.15) is 27.7 Å². The smallest absolute Gasteiger partial charge is 0.298 e. The molecule has 3 rings (SSSR count). The molecule has 0 aliphatic rings. The van der Waals surface area contributed by atoms with Gasteiger partial charge in [-0.15, -0.1) is 0 Å². The molecule has 0 spiro atoms. The lowest BCUT2D eigenvalue weighted by atomic mass is 9.86. The zero-order valence-corrected chi connectivity index (χ0v) is 20.2. The van der Waals surface area contributed by atoms with Crippen molar-refractivity contribution in [1.82, 2.24) is 0 Å². The summed E-state index contributed by atoms with van der Waals surface area (Å²) in [7, 11) is -4.50. The maximum Gasteiger partial charge on any atom is 0.298 e. The standard InChI is InChI=1S/C26H30O5S/c1-25(2,3)20-11-7-18(8-12-20)19-9-13-21(14-10-19)30-23-16-15-22(31-26(4,5)6)17-24(23)32(27,28)29/h7-17H,1-6H3,(H,27,28,29). The summed E-state index contributed by atoms with van der Waals surface area (Å²) >= 11 is 0. The molecule has 0 saturated heterocycles. The van der Waals surface area contributed by atoms with Crippen LogP contribution in [0.5, 0.6) is 17.2 Å². The van der Waals surface area contributed by atoms with Crippen molar-refractivity contribution in [2.75, 3.05) is 0 Å². The summed E-state index contributed by atoms with van der Waals surface area (Å²) in [4.78, 5) is -0.346. The summed E-state index contributed by atoms with van der Waals surface area (Å²) in [5, 5.41) is 0. The van der Waals surface area contributed by atoms with Crippen LogP contribution in [0.25, 0.3) is 11.1 Å². The van der Waals surface area contributed by atoms with Crippen molar-refractivity contribution in [2.24, 2.45) is 0 Å². The van der Waals surface area contributed by atoms with Crippen LogP contribution < -0.4 is 9.47 Å². The van der Waals surface area contributed by atoms with Crippen LogP contribution in [0.4, 0.5) is 0 Å². The second-order valence-electron chi connectivity index (χ2n) is 9.75. The predicted molar refractivity (Wildman–Crippen MR) is 127 cm³/mol. The Bertz CT molecular complexity index is 1180. The average molecular weight is 455 g/mol. The maximum atomic E-state index is 11.9. The Morgan fingerprint density at radius 3 is 1.69 bits per heavy atom. The minimum absolute atomic E-state index is 0.0241. The van der Waals surface area contributed by atoms with Crippen molar-refractivity contribution in [3.8, 4) is 28.4 Å². The molecule has 0 aliphatic carbocycles. The Morgan fingerprint density at radius 2 is 1.22 bits per heavy atom. The molecule has 5 nitrogen and oxygen atoms in total. The van der Waals surface area contributed by atoms with Gasteiger partial charge in [-0.2, -0.15) is 8.42 Å². The summed E-state index contributed by atoms with van der Waals surface area (Å²) in [6, 6.07) is 20.1. The van der Waals surface area contributed by atoms with E-state index >= 15 is 0 Å². The van der Waals surface area contributed by atoms with Crippen LogP contribution >= 0.6 is 0 Å². The summed E-state index contributed by atoms with van der Waals surface area (Å²) in [5.41, 5.74) is 2.93. The van der Waals surface area contributed by atoms with Crippen LogP contribution in [0, 0.1) is 0 Å². The monoisotopic (exact) mass is 454 g/mol. The lowest BCUT2D eigenvalue weighted by Crippen LogP contribution is -2.23. The second kappa shape index (κ2) is 8.60. The Morgan fingerprint density at radius 1 is 0.719 bits per heavy atom. The second-order valence-corrected chi connectivity index (χ2v) is 11.1. The largest absolute Gasteiger partial charge is 0.488 e. The van der Waals surface area contributed by atoms with Gasteiger partial charge in [-0.25, -0.2) is 0 Å². The van der Waals surface area contributed by atoms with Crippen LogP contribution in [-0.2, 0) is 15.5 Å². The van der Waals surface area contributed by atoms with Crippen molar-refractivity contribution in [3.63, 3.8) is 0 Å². The van der Waals surface area contributed by atoms with E-state index in [9.17, 15) is 13.0 Å². The van der Waals surface area contributed by atoms with Gasteiger partial charge in [0.05, 0.1) is 0 Å². The molecule has 3 aromatic carbocycles. The van der Waals surface area contributed by atoms with Gasteiger partial charge in [0, 0.05) is 6.07 Å². The van der Waals surface area contributed by atoms with Crippen molar-refractivity contribution in [2.45, 2.75) is 57.5 Å². The van der Waals surface area contributed by atoms with Gasteiger partial charge >= 0.3 is 0 Å². The van der Waals surface area contributed by atoms with E-state index in [1.807, 2.05) is 32.9 Å². The molecule has 0 heterocycles. The molecule has 1 N–H and O–H groups in total. The molecule has 0 bridgehead atoms. The molecule has 0 fully saturated rings. The molecule has 0 amide bonds. The molecule has 0 aliphatic heterocycles. The summed E-state index contributed by atoms with van der Waals surface area (Å²) in [5.74, 6) is 0.803. The molecule has 32 heavy (non-hydrogen) atoms. The van der Waals surface area contributed by atoms with E-state index in [1.54, 1.807) is 18.2 Å². The van der Waals surface area contributed by atoms with E-state index in [4.69, 9.17) is 9.47 Å². The highest BCUT2D eigenvalue weighted by Gasteiger charge is 2.21. The Hall–Kier alpha value is -2.83. The average Bonchev–Trinajstić information content (AvgIpc) is 2.67. The Kier molecular flexibility index (Phi) is 6.40. The van der Waals surface area contributed by atoms with Gasteiger partial charge in [0.2, 0.25) is 0 Å². The van der Waals surface area contributed by atoms with Gasteiger partial charge in [-0.3, -0.25) is 4.55 Å². The molecule has 0 saturated carbocycles. The van der Waals surface area contributed by atoms with E-state index in [0.29, 0.717) is 11.5 Å². The molecule has 0 aromatic heterocycles. The molecule has 170 valence electrons. The fourth-order valence-corrected chi connectivity index (χ4v) is 3.83. The summed E-state index contributed by atoms with van der Waals surface area (Å²) in [6.07, 6.45) is 0. The van der Waals surface area contributed by atoms with Crippen LogP contribution in [0.15, 0.2) is 71.6 Å². The van der Waals surface area contributed by atoms with Gasteiger partial charge in [0.15, 0.2) is 0 Å². The molecule has 0 atom stereocenters. The molecular weight excluding hydrogens is 424 g/mol. The highest BCUT2D eigenvalue weighted by molar-refractivity contribution is 7.86. The number of hydrogen-bond donors (Lipinski definition) is 1. The summed E-state index contributed by atoms with van der Waals surface area (Å²) in [6.45, 7) is 12.1. The lowest BCUT2D eigenvalue weighted by Gasteiger charge is -2.22. The SMILES string of the molecule is CC(C)(C)Oc1ccc(Oc2ccc(-c3ccc(C(C)(C)C)cc3)cc2)c(S(=O)(=O)O)c1. The predicted octanol–water partition coefficient (Wildman–Crippen LogP) is 6.87. The first-order valence-corrected chi connectivity index (χ1v) is 11.9. The first-order chi connectivity index (χ1) is 14.7. The van der Waals surface area contributed by atoms with Gasteiger partial charge in [-0.1, -0.05) is 57.2 Å². The maximum absolute atomic E-state index is 11.9. The topological polar surface area (TPSA) is 72.8 Å². The van der Waals surface area contributed by atoms with Crippen LogP contribution in [0.2, 0.25) is 0 Å². The van der Waals surface area contributed by atoms with Crippen LogP contribution in [0.3, 0.4) is 0 Å². The fourth-order valence-electron chi connectivity index (χ4n) is 3.20. The quantitative estimate of drug-likeness (QED) is 0.426. The summed E-state index contributed by atoms with van der Waals surface area (Å²) < 4.78 is 45.0. The van der Waals surface area contributed by atoms with Crippen molar-refractivity contribution < 1.29 is 22.4 Å². The number of benzene rings is 3. The Labute approximate surface area is 190 Å². The van der Waals surface area contributed by atoms with Gasteiger partial charge in [0.25, 0.3) is 10.1 Å². The Balaban J connectivity index is 1.85. The van der Waals surface area contributed by atoms with E-state index in [0.717, 1.165) is 11.1 Å². The van der Waals surface area contributed by atoms with E-state index in [-0.39, 0.29) is 16.1 Å². The zero-order valence-electron chi connectivity index (χ0n) is 19.3. The highest BCUT2D eigenvalue weighted by atomic mass is 32.2. The zero-order chi connectivity index (χ0) is 23.7. The lowest BCUT2D eigenvalue weighted by molar-refractivity contribution is 0.130. The molecular formula is C26H30O5S. The molecule has 6 heteroatoms. The molecule has 3 aromatic rings. The molecule has 0 radical (unpaired) electrons. The van der Waals surface area contributed by atoms with E-state index in [2.05, 4.69) is 45.0 Å². The van der Waals surface area contributed by atoms with Crippen molar-refractivity contribution in [3.05, 3.63) is 72.3 Å². The minimum atomic E-state index is -4.50. The number of rotatable bonds is 5. The normalized spacial score (nSPS) is 12.5. The van der Waals surface area contributed by atoms with Crippen molar-refractivity contribution in [1.29, 1.82) is 0 Å². The third kappa shape index (κ3) is 6.11. The third-order valence-corrected chi connectivity index (χ3v) is 5.66. The van der Waals surface area contributed by atoms with Crippen LogP contribution in [-0.4, -0.2) is 18.6 Å². The first kappa shape index (κ1) is 23.8. The number of ether oxygens (including phenoxy) is 2. The van der Waals surface area contributed by atoms with Crippen molar-refractivity contribution >= 4 is 10.1 Å². The van der Waals surface area contributed by atoms with E-state index in [1.165, 1.54) is 17.7 Å². The van der Waals surface area contributed by atoms with Crippen LogP contribution in [0.1, 0.15) is 47.1 Å². The minimum Gasteiger partial charge on any atom is -0.488 e. The highest BCUT2D eigenvalue weighted by Crippen LogP contribution is 2.34. The molecule has 0 unspecified atom stereocenters.